The molecule has 1 aromatic rings. The van der Waals surface area contributed by atoms with Gasteiger partial charge in [-0.05, 0) is 30.9 Å². The zero-order valence-corrected chi connectivity index (χ0v) is 13.0. The summed E-state index contributed by atoms with van der Waals surface area (Å²) < 4.78 is 27.7. The lowest BCUT2D eigenvalue weighted by Crippen LogP contribution is -2.37. The molecule has 2 atom stereocenters. The number of rotatable bonds is 4. The fourth-order valence-corrected chi connectivity index (χ4v) is 5.69. The summed E-state index contributed by atoms with van der Waals surface area (Å²) in [6.07, 6.45) is 3.06. The molecule has 3 nitrogen and oxygen atoms in total. The van der Waals surface area contributed by atoms with Crippen molar-refractivity contribution >= 4 is 48.9 Å². The average molecular weight is 359 g/mol. The van der Waals surface area contributed by atoms with Gasteiger partial charge in [-0.3, -0.25) is 0 Å². The molecule has 0 radical (unpaired) electrons. The molecule has 1 aliphatic carbocycles. The lowest BCUT2D eigenvalue weighted by atomic mass is 10.1. The van der Waals surface area contributed by atoms with Gasteiger partial charge in [-0.15, -0.1) is 11.3 Å². The summed E-state index contributed by atoms with van der Waals surface area (Å²) in [6.45, 7) is 0. The highest BCUT2D eigenvalue weighted by molar-refractivity contribution is 9.09. The van der Waals surface area contributed by atoms with Gasteiger partial charge in [0.1, 0.15) is 4.21 Å². The molecule has 1 N–H and O–H groups in total. The van der Waals surface area contributed by atoms with Gasteiger partial charge in [0.25, 0.3) is 0 Å². The Morgan fingerprint density at radius 1 is 1.47 bits per heavy atom. The summed E-state index contributed by atoms with van der Waals surface area (Å²) in [6, 6.07) is 3.20. The molecule has 17 heavy (non-hydrogen) atoms. The Morgan fingerprint density at radius 2 is 2.24 bits per heavy atom. The fourth-order valence-electron chi connectivity index (χ4n) is 2.08. The highest BCUT2D eigenvalue weighted by Crippen LogP contribution is 2.30. The third-order valence-corrected chi connectivity index (χ3v) is 7.02. The maximum absolute atomic E-state index is 12.1. The molecule has 1 aliphatic rings. The van der Waals surface area contributed by atoms with Gasteiger partial charge in [-0.25, -0.2) is 13.1 Å². The van der Waals surface area contributed by atoms with Gasteiger partial charge < -0.3 is 0 Å². The van der Waals surface area contributed by atoms with Crippen molar-refractivity contribution in [1.82, 2.24) is 4.72 Å². The molecular weight excluding hydrogens is 346 g/mol. The second-order valence-corrected chi connectivity index (χ2v) is 8.43. The highest BCUT2D eigenvalue weighted by atomic mass is 79.9. The van der Waals surface area contributed by atoms with Crippen molar-refractivity contribution < 1.29 is 8.42 Å². The molecule has 0 saturated heterocycles. The van der Waals surface area contributed by atoms with Crippen LogP contribution in [0.3, 0.4) is 0 Å². The normalized spacial score (nSPS) is 25.3. The molecule has 1 saturated carbocycles. The number of halogens is 2. The second kappa shape index (κ2) is 5.57. The predicted octanol–water partition coefficient (Wildman–Crippen LogP) is 3.24. The van der Waals surface area contributed by atoms with Crippen LogP contribution in [0.2, 0.25) is 4.34 Å². The van der Waals surface area contributed by atoms with Gasteiger partial charge in [0.05, 0.1) is 4.34 Å². The van der Waals surface area contributed by atoms with E-state index in [4.69, 9.17) is 11.6 Å². The first-order valence-electron chi connectivity index (χ1n) is 5.36. The van der Waals surface area contributed by atoms with Crippen LogP contribution in [0, 0.1) is 5.92 Å². The Labute approximate surface area is 119 Å². The zero-order chi connectivity index (χ0) is 12.5. The maximum atomic E-state index is 12.1. The molecule has 1 fully saturated rings. The molecule has 2 rings (SSSR count). The van der Waals surface area contributed by atoms with E-state index >= 15 is 0 Å². The number of hydrogen-bond acceptors (Lipinski definition) is 3. The van der Waals surface area contributed by atoms with Crippen LogP contribution in [0.15, 0.2) is 16.3 Å². The number of thiophene rings is 1. The van der Waals surface area contributed by atoms with Crippen molar-refractivity contribution in [3.63, 3.8) is 0 Å². The smallest absolute Gasteiger partial charge is 0.207 e. The van der Waals surface area contributed by atoms with Crippen LogP contribution in [0.25, 0.3) is 0 Å². The van der Waals surface area contributed by atoms with E-state index < -0.39 is 10.0 Å². The third-order valence-electron chi connectivity index (χ3n) is 2.98. The summed E-state index contributed by atoms with van der Waals surface area (Å²) in [5.74, 6) is 0.389. The minimum absolute atomic E-state index is 0.0419. The molecular formula is C10H13BrClNO2S2. The molecule has 0 amide bonds. The predicted molar refractivity (Wildman–Crippen MR) is 74.6 cm³/mol. The third kappa shape index (κ3) is 3.23. The van der Waals surface area contributed by atoms with Crippen molar-refractivity contribution in [2.24, 2.45) is 5.92 Å². The van der Waals surface area contributed by atoms with Gasteiger partial charge in [0.15, 0.2) is 0 Å². The SMILES string of the molecule is O=S(=O)(NC1CCCC1CBr)c1ccc(Cl)s1. The van der Waals surface area contributed by atoms with E-state index in [-0.39, 0.29) is 6.04 Å². The van der Waals surface area contributed by atoms with E-state index in [1.807, 2.05) is 0 Å². The lowest BCUT2D eigenvalue weighted by molar-refractivity contribution is 0.485. The van der Waals surface area contributed by atoms with Gasteiger partial charge in [0, 0.05) is 11.4 Å². The minimum Gasteiger partial charge on any atom is -0.207 e. The average Bonchev–Trinajstić information content (AvgIpc) is 2.86. The number of alkyl halides is 1. The topological polar surface area (TPSA) is 46.2 Å². The van der Waals surface area contributed by atoms with E-state index in [0.29, 0.717) is 14.5 Å². The molecule has 96 valence electrons. The van der Waals surface area contributed by atoms with Crippen LogP contribution in [0.4, 0.5) is 0 Å². The van der Waals surface area contributed by atoms with Crippen LogP contribution < -0.4 is 4.72 Å². The Kier molecular flexibility index (Phi) is 4.52. The number of nitrogens with one attached hydrogen (secondary N) is 1. The number of sulfonamides is 1. The first-order chi connectivity index (χ1) is 8.03. The first kappa shape index (κ1) is 13.8. The summed E-state index contributed by atoms with van der Waals surface area (Å²) in [5.41, 5.74) is 0. The van der Waals surface area contributed by atoms with E-state index in [0.717, 1.165) is 35.9 Å². The van der Waals surface area contributed by atoms with Crippen molar-refractivity contribution in [3.8, 4) is 0 Å². The molecule has 2 unspecified atom stereocenters. The Hall–Kier alpha value is 0.380. The molecule has 7 heteroatoms. The largest absolute Gasteiger partial charge is 0.250 e. The van der Waals surface area contributed by atoms with E-state index in [2.05, 4.69) is 20.7 Å². The summed E-state index contributed by atoms with van der Waals surface area (Å²) in [7, 11) is -3.40. The van der Waals surface area contributed by atoms with Crippen LogP contribution in [-0.2, 0) is 10.0 Å². The quantitative estimate of drug-likeness (QED) is 0.840. The Balaban J connectivity index is 2.12. The first-order valence-corrected chi connectivity index (χ1v) is 9.16. The van der Waals surface area contributed by atoms with Crippen molar-refractivity contribution in [2.75, 3.05) is 5.33 Å². The fraction of sp³-hybridized carbons (Fsp3) is 0.600. The molecule has 0 aliphatic heterocycles. The summed E-state index contributed by atoms with van der Waals surface area (Å²) in [5, 5.41) is 0.839. The summed E-state index contributed by atoms with van der Waals surface area (Å²) in [4.78, 5) is 0. The molecule has 0 bridgehead atoms. The Morgan fingerprint density at radius 3 is 2.82 bits per heavy atom. The molecule has 0 spiro atoms. The molecule has 1 aromatic heterocycles. The van der Waals surface area contributed by atoms with Gasteiger partial charge in [0.2, 0.25) is 10.0 Å². The highest BCUT2D eigenvalue weighted by Gasteiger charge is 2.30. The monoisotopic (exact) mass is 357 g/mol. The van der Waals surface area contributed by atoms with Gasteiger partial charge >= 0.3 is 0 Å². The summed E-state index contributed by atoms with van der Waals surface area (Å²) >= 11 is 10.3. The van der Waals surface area contributed by atoms with Crippen molar-refractivity contribution in [2.45, 2.75) is 29.5 Å². The number of hydrogen-bond donors (Lipinski definition) is 1. The van der Waals surface area contributed by atoms with Crippen LogP contribution in [-0.4, -0.2) is 19.8 Å². The zero-order valence-electron chi connectivity index (χ0n) is 9.03. The minimum atomic E-state index is -3.40. The van der Waals surface area contributed by atoms with Gasteiger partial charge in [-0.2, -0.15) is 0 Å². The van der Waals surface area contributed by atoms with Crippen molar-refractivity contribution in [3.05, 3.63) is 16.5 Å². The van der Waals surface area contributed by atoms with Crippen LogP contribution in [0.1, 0.15) is 19.3 Å². The second-order valence-electron chi connectivity index (χ2n) is 4.13. The molecule has 0 aromatic carbocycles. The van der Waals surface area contributed by atoms with Crippen LogP contribution >= 0.6 is 38.9 Å². The lowest BCUT2D eigenvalue weighted by Gasteiger charge is -2.18. The molecule has 1 heterocycles. The van der Waals surface area contributed by atoms with Crippen LogP contribution in [0.5, 0.6) is 0 Å². The standard InChI is InChI=1S/C10H13BrClNO2S2/c11-6-7-2-1-3-8(7)13-17(14,15)10-5-4-9(12)16-10/h4-5,7-8,13H,1-3,6H2. The van der Waals surface area contributed by atoms with Gasteiger partial charge in [-0.1, -0.05) is 34.0 Å². The maximum Gasteiger partial charge on any atom is 0.250 e. The van der Waals surface area contributed by atoms with E-state index in [9.17, 15) is 8.42 Å². The Bertz CT molecular complexity index is 488. The van der Waals surface area contributed by atoms with E-state index in [1.165, 1.54) is 0 Å². The van der Waals surface area contributed by atoms with Crippen molar-refractivity contribution in [1.29, 1.82) is 0 Å². The van der Waals surface area contributed by atoms with E-state index in [1.54, 1.807) is 12.1 Å².